The highest BCUT2D eigenvalue weighted by Gasteiger charge is 2.18. The summed E-state index contributed by atoms with van der Waals surface area (Å²) in [6, 6.07) is 28.1. The molecule has 434 valence electrons. The number of nitrogens with two attached hydrogens (primary N) is 2. The van der Waals surface area contributed by atoms with Crippen LogP contribution in [0.25, 0.3) is 22.3 Å². The van der Waals surface area contributed by atoms with Gasteiger partial charge in [0.05, 0.1) is 117 Å². The molecule has 0 aliphatic heterocycles. The molecule has 7 N–H and O–H groups in total. The first-order valence-corrected chi connectivity index (χ1v) is 27.0. The van der Waals surface area contributed by atoms with Gasteiger partial charge in [-0.15, -0.1) is 5.10 Å². The number of rotatable bonds is 40. The van der Waals surface area contributed by atoms with E-state index < -0.39 is 5.91 Å². The normalized spacial score (nSPS) is 11.7. The number of imidazole rings is 1. The summed E-state index contributed by atoms with van der Waals surface area (Å²) in [6.07, 6.45) is 4.80. The molecule has 0 spiro atoms. The molecule has 0 aliphatic carbocycles. The van der Waals surface area contributed by atoms with Gasteiger partial charge in [0.2, 0.25) is 23.6 Å². The van der Waals surface area contributed by atoms with Gasteiger partial charge in [0.1, 0.15) is 30.5 Å². The number of fused-ring (bicyclic) bond motifs is 1. The number of amides is 2. The summed E-state index contributed by atoms with van der Waals surface area (Å²) in [5.41, 5.74) is 20.0. The van der Waals surface area contributed by atoms with Crippen molar-refractivity contribution in [3.8, 4) is 34.3 Å². The van der Waals surface area contributed by atoms with Crippen molar-refractivity contribution in [2.75, 3.05) is 112 Å². The van der Waals surface area contributed by atoms with Crippen molar-refractivity contribution in [2.45, 2.75) is 58.4 Å². The highest BCUT2D eigenvalue weighted by Crippen LogP contribution is 2.35. The van der Waals surface area contributed by atoms with Gasteiger partial charge in [0.15, 0.2) is 11.2 Å². The fraction of sp³-hybridized carbons (Fsp3) is 0.431. The minimum Gasteiger partial charge on any atom is -0.496 e. The van der Waals surface area contributed by atoms with Crippen LogP contribution in [0.15, 0.2) is 97.5 Å². The number of hydrogen-bond donors (Lipinski definition) is 5. The summed E-state index contributed by atoms with van der Waals surface area (Å²) < 4.78 is 59.3. The zero-order valence-electron chi connectivity index (χ0n) is 46.4. The third kappa shape index (κ3) is 20.4. The molecule has 0 aliphatic rings. The molecule has 7 aromatic rings. The van der Waals surface area contributed by atoms with E-state index in [1.54, 1.807) is 18.9 Å². The lowest BCUT2D eigenvalue weighted by Crippen LogP contribution is -2.31. The summed E-state index contributed by atoms with van der Waals surface area (Å²) in [4.78, 5) is 39.3. The van der Waals surface area contributed by atoms with Crippen LogP contribution in [0, 0.1) is 6.92 Å². The second-order valence-corrected chi connectivity index (χ2v) is 18.6. The average molecular weight is 1120 g/mol. The highest BCUT2D eigenvalue weighted by molar-refractivity contribution is 5.77. The first-order chi connectivity index (χ1) is 39.7. The molecule has 0 fully saturated rings. The molecular formula is C58H75N11O12. The molecule has 3 heterocycles. The number of H-pyrrole nitrogens is 1. The van der Waals surface area contributed by atoms with E-state index in [0.29, 0.717) is 152 Å². The van der Waals surface area contributed by atoms with Crippen molar-refractivity contribution in [1.29, 1.82) is 0 Å². The molecule has 0 bridgehead atoms. The Bertz CT molecular complexity index is 2960. The Kier molecular flexibility index (Phi) is 25.3. The number of carbonyl (C=O) groups is 2. The van der Waals surface area contributed by atoms with E-state index in [9.17, 15) is 9.59 Å². The molecule has 23 heteroatoms. The molecule has 1 unspecified atom stereocenters. The first-order valence-electron chi connectivity index (χ1n) is 27.0. The van der Waals surface area contributed by atoms with E-state index in [1.807, 2.05) is 60.8 Å². The van der Waals surface area contributed by atoms with Crippen molar-refractivity contribution in [1.82, 2.24) is 45.6 Å². The van der Waals surface area contributed by atoms with Gasteiger partial charge in [-0.2, -0.15) is 9.97 Å². The summed E-state index contributed by atoms with van der Waals surface area (Å²) >= 11 is 0. The maximum Gasteiger partial charge on any atom is 0.247 e. The van der Waals surface area contributed by atoms with Crippen LogP contribution in [0.2, 0.25) is 0 Å². The minimum atomic E-state index is -0.393. The fourth-order valence-corrected chi connectivity index (χ4v) is 8.43. The van der Waals surface area contributed by atoms with E-state index in [0.717, 1.165) is 33.4 Å². The Hall–Kier alpha value is -7.77. The topological polar surface area (TPSA) is 288 Å². The number of methoxy groups -OCH3 is 2. The number of ether oxygens (including phenoxy) is 10. The highest BCUT2D eigenvalue weighted by atomic mass is 16.6. The monoisotopic (exact) mass is 1120 g/mol. The molecule has 81 heavy (non-hydrogen) atoms. The number of aryl methyl sites for hydroxylation is 1. The van der Waals surface area contributed by atoms with Crippen LogP contribution in [-0.2, 0) is 70.6 Å². The number of nitrogens with zero attached hydrogens (tertiary/aromatic N) is 6. The number of anilines is 1. The molecule has 4 aromatic carbocycles. The second-order valence-electron chi connectivity index (χ2n) is 18.6. The number of primary amides is 1. The van der Waals surface area contributed by atoms with E-state index >= 15 is 0 Å². The quantitative estimate of drug-likeness (QED) is 0.0306. The molecule has 7 rings (SSSR count). The predicted molar refractivity (Wildman–Crippen MR) is 302 cm³/mol. The Balaban J connectivity index is 0.826. The molecular weight excluding hydrogens is 1040 g/mol. The lowest BCUT2D eigenvalue weighted by molar-refractivity contribution is -0.121. The van der Waals surface area contributed by atoms with Crippen molar-refractivity contribution in [3.05, 3.63) is 131 Å². The van der Waals surface area contributed by atoms with Gasteiger partial charge in [-0.25, -0.2) is 9.67 Å². The number of aromatic nitrogens is 7. The van der Waals surface area contributed by atoms with Crippen LogP contribution in [0.1, 0.15) is 52.4 Å². The fourth-order valence-electron chi connectivity index (χ4n) is 8.43. The summed E-state index contributed by atoms with van der Waals surface area (Å²) in [7, 11) is 3.24. The number of benzene rings is 4. The van der Waals surface area contributed by atoms with Gasteiger partial charge >= 0.3 is 0 Å². The molecule has 1 atom stereocenters. The van der Waals surface area contributed by atoms with Crippen LogP contribution in [0.5, 0.6) is 23.1 Å². The summed E-state index contributed by atoms with van der Waals surface area (Å²) in [5, 5.41) is 15.3. The lowest BCUT2D eigenvalue weighted by atomic mass is 9.97. The number of nitrogen functional groups attached to an aromatic ring is 1. The molecule has 0 saturated carbocycles. The smallest absolute Gasteiger partial charge is 0.247 e. The summed E-state index contributed by atoms with van der Waals surface area (Å²) in [6.45, 7) is 8.78. The maximum atomic E-state index is 13.0. The Morgan fingerprint density at radius 2 is 1.37 bits per heavy atom. The van der Waals surface area contributed by atoms with E-state index in [2.05, 4.69) is 78.1 Å². The molecule has 3 aromatic heterocycles. The SMILES string of the molecule is COc1cc(OCc2cccc(-c3ccccc3)c2C)cc(OC)c1CNCCNC(=O)CCc1cn(C(COCCOCCOCCOCCOCCOCCC(N)=O)Cc2ccc(COc3nc(N)nc4[nH]cnc34)cc2)nn1. The molecule has 2 amide bonds. The zero-order chi connectivity index (χ0) is 56.9. The number of carbonyl (C=O) groups excluding carboxylic acids is 2. The third-order valence-corrected chi connectivity index (χ3v) is 12.8. The van der Waals surface area contributed by atoms with E-state index in [-0.39, 0.29) is 44.0 Å². The van der Waals surface area contributed by atoms with Crippen LogP contribution in [0.4, 0.5) is 5.95 Å². The van der Waals surface area contributed by atoms with Gasteiger partial charge in [0, 0.05) is 57.2 Å². The molecule has 0 radical (unpaired) electrons. The standard InChI is InChI=1S/C58H75N11O12/c1-41-45(10-7-11-49(41)44-8-5-4-6-9-44)38-80-48-33-51(72-2)50(52(34-48)73-3)35-61-19-20-62-54(71)17-16-46-36-69(68-67-46)47(32-42-12-14-43(15-13-42)37-81-57-55-56(64-40-63-55)65-58(60)66-57)39-79-31-30-78-29-28-77-27-26-76-25-24-75-23-22-74-21-18-53(59)70/h4-15,33-34,36,40,47,61H,16-32,35,37-39H2,1-3H3,(H2,59,70)(H,62,71)(H3,60,63,64,65,66). The van der Waals surface area contributed by atoms with Crippen molar-refractivity contribution in [3.63, 3.8) is 0 Å². The largest absolute Gasteiger partial charge is 0.496 e. The van der Waals surface area contributed by atoms with Gasteiger partial charge in [-0.05, 0) is 46.7 Å². The van der Waals surface area contributed by atoms with Gasteiger partial charge in [-0.3, -0.25) is 9.59 Å². The van der Waals surface area contributed by atoms with Crippen LogP contribution < -0.4 is 41.0 Å². The van der Waals surface area contributed by atoms with Crippen LogP contribution in [0.3, 0.4) is 0 Å². The Morgan fingerprint density at radius 3 is 2.04 bits per heavy atom. The lowest BCUT2D eigenvalue weighted by Gasteiger charge is -2.18. The van der Waals surface area contributed by atoms with E-state index in [1.165, 1.54) is 11.9 Å². The Morgan fingerprint density at radius 1 is 0.716 bits per heavy atom. The minimum absolute atomic E-state index is 0.0865. The van der Waals surface area contributed by atoms with Crippen molar-refractivity contribution in [2.24, 2.45) is 5.73 Å². The number of nitrogens with one attached hydrogen (secondary N) is 3. The van der Waals surface area contributed by atoms with Crippen molar-refractivity contribution < 1.29 is 57.0 Å². The average Bonchev–Trinajstić information content (AvgIpc) is 4.31. The predicted octanol–water partition coefficient (Wildman–Crippen LogP) is 5.27. The maximum absolute atomic E-state index is 13.0. The number of aromatic amines is 1. The first kappa shape index (κ1) is 60.9. The van der Waals surface area contributed by atoms with Gasteiger partial charge in [0.25, 0.3) is 0 Å². The number of hydrogen-bond acceptors (Lipinski definition) is 19. The van der Waals surface area contributed by atoms with Crippen molar-refractivity contribution >= 4 is 28.9 Å². The van der Waals surface area contributed by atoms with Crippen LogP contribution in [-0.4, -0.2) is 153 Å². The molecule has 0 saturated heterocycles. The zero-order valence-corrected chi connectivity index (χ0v) is 46.4. The third-order valence-electron chi connectivity index (χ3n) is 12.8. The van der Waals surface area contributed by atoms with E-state index in [4.69, 9.17) is 58.8 Å². The summed E-state index contributed by atoms with van der Waals surface area (Å²) in [5.74, 6) is 1.77. The van der Waals surface area contributed by atoms with Crippen LogP contribution >= 0.6 is 0 Å². The van der Waals surface area contributed by atoms with Gasteiger partial charge < -0.3 is 74.5 Å². The second kappa shape index (κ2) is 33.7. The Labute approximate surface area is 471 Å². The molecule has 23 nitrogen and oxygen atoms in total. The van der Waals surface area contributed by atoms with Gasteiger partial charge in [-0.1, -0.05) is 78.0 Å².